The Morgan fingerprint density at radius 2 is 1.80 bits per heavy atom. The van der Waals surface area contributed by atoms with Crippen LogP contribution in [0.15, 0.2) is 24.3 Å². The summed E-state index contributed by atoms with van der Waals surface area (Å²) in [6.45, 7) is 5.60. The van der Waals surface area contributed by atoms with Crippen molar-refractivity contribution in [2.24, 2.45) is 5.92 Å². The van der Waals surface area contributed by atoms with Crippen molar-refractivity contribution in [1.82, 2.24) is 5.32 Å². The topological polar surface area (TPSA) is 66.4 Å². The Morgan fingerprint density at radius 3 is 2.30 bits per heavy atom. The molecule has 0 aliphatic rings. The van der Waals surface area contributed by atoms with E-state index in [9.17, 15) is 9.59 Å². The van der Waals surface area contributed by atoms with Crippen molar-refractivity contribution in [3.63, 3.8) is 0 Å². The van der Waals surface area contributed by atoms with Gasteiger partial charge in [0.1, 0.15) is 6.04 Å². The molecule has 0 heterocycles. The van der Waals surface area contributed by atoms with Gasteiger partial charge >= 0.3 is 5.97 Å². The maximum Gasteiger partial charge on any atom is 0.326 e. The van der Waals surface area contributed by atoms with Crippen molar-refractivity contribution in [2.45, 2.75) is 46.1 Å². The van der Waals surface area contributed by atoms with Gasteiger partial charge in [0.15, 0.2) is 0 Å². The van der Waals surface area contributed by atoms with Crippen LogP contribution >= 0.6 is 0 Å². The number of amides is 1. The Bertz CT molecular complexity index is 451. The lowest BCUT2D eigenvalue weighted by molar-refractivity contribution is -0.143. The van der Waals surface area contributed by atoms with Gasteiger partial charge in [0.25, 0.3) is 0 Å². The van der Waals surface area contributed by atoms with Gasteiger partial charge in [-0.05, 0) is 31.2 Å². The molecule has 110 valence electrons. The molecule has 1 unspecified atom stereocenters. The van der Waals surface area contributed by atoms with Crippen LogP contribution in [0.3, 0.4) is 0 Å². The highest BCUT2D eigenvalue weighted by molar-refractivity contribution is 5.83. The molecule has 0 aliphatic carbocycles. The molecule has 1 atom stereocenters. The molecule has 4 heteroatoms. The molecule has 1 amide bonds. The van der Waals surface area contributed by atoms with E-state index in [1.807, 2.05) is 6.92 Å². The van der Waals surface area contributed by atoms with Crippen LogP contribution in [0.1, 0.15) is 37.8 Å². The molecule has 2 N–H and O–H groups in total. The molecular formula is C16H23NO3. The zero-order chi connectivity index (χ0) is 15.1. The van der Waals surface area contributed by atoms with Crippen molar-refractivity contribution in [2.75, 3.05) is 0 Å². The summed E-state index contributed by atoms with van der Waals surface area (Å²) in [6.07, 6.45) is 1.90. The normalized spacial score (nSPS) is 12.2. The van der Waals surface area contributed by atoms with Crippen LogP contribution in [0.25, 0.3) is 0 Å². The predicted molar refractivity (Wildman–Crippen MR) is 78.5 cm³/mol. The Kier molecular flexibility index (Phi) is 6.22. The number of carbonyl (C=O) groups excluding carboxylic acids is 1. The molecule has 0 saturated carbocycles. The van der Waals surface area contributed by atoms with E-state index >= 15 is 0 Å². The van der Waals surface area contributed by atoms with Gasteiger partial charge in [0, 0.05) is 6.42 Å². The predicted octanol–water partition coefficient (Wildman–Crippen LogP) is 2.54. The molecule has 1 aromatic carbocycles. The van der Waals surface area contributed by atoms with E-state index in [1.165, 1.54) is 11.1 Å². The number of rotatable bonds is 7. The average molecular weight is 277 g/mol. The second-order valence-electron chi connectivity index (χ2n) is 5.47. The molecule has 20 heavy (non-hydrogen) atoms. The minimum absolute atomic E-state index is 0.117. The number of nitrogens with one attached hydrogen (secondary N) is 1. The van der Waals surface area contributed by atoms with Gasteiger partial charge in [-0.2, -0.15) is 0 Å². The number of hydrogen-bond donors (Lipinski definition) is 2. The summed E-state index contributed by atoms with van der Waals surface area (Å²) >= 11 is 0. The van der Waals surface area contributed by atoms with Gasteiger partial charge in [0.05, 0.1) is 0 Å². The van der Waals surface area contributed by atoms with Crippen LogP contribution in [0.5, 0.6) is 0 Å². The molecule has 0 radical (unpaired) electrons. The van der Waals surface area contributed by atoms with Gasteiger partial charge in [-0.3, -0.25) is 4.79 Å². The first kappa shape index (κ1) is 16.2. The van der Waals surface area contributed by atoms with Crippen LogP contribution < -0.4 is 5.32 Å². The molecule has 0 spiro atoms. The first-order valence-electron chi connectivity index (χ1n) is 6.98. The van der Waals surface area contributed by atoms with E-state index < -0.39 is 12.0 Å². The van der Waals surface area contributed by atoms with Gasteiger partial charge in [0.2, 0.25) is 5.91 Å². The molecule has 0 saturated heterocycles. The van der Waals surface area contributed by atoms with Gasteiger partial charge in [-0.1, -0.05) is 43.7 Å². The molecule has 0 bridgehead atoms. The zero-order valence-electron chi connectivity index (χ0n) is 12.3. The van der Waals surface area contributed by atoms with E-state index in [0.29, 0.717) is 6.42 Å². The summed E-state index contributed by atoms with van der Waals surface area (Å²) in [5, 5.41) is 11.6. The smallest absolute Gasteiger partial charge is 0.326 e. The van der Waals surface area contributed by atoms with E-state index in [4.69, 9.17) is 5.11 Å². The van der Waals surface area contributed by atoms with Crippen LogP contribution in [0, 0.1) is 12.8 Å². The Hall–Kier alpha value is -1.84. The Morgan fingerprint density at radius 1 is 1.20 bits per heavy atom. The maximum absolute atomic E-state index is 11.7. The highest BCUT2D eigenvalue weighted by atomic mass is 16.4. The minimum Gasteiger partial charge on any atom is -0.480 e. The molecule has 4 nitrogen and oxygen atoms in total. The largest absolute Gasteiger partial charge is 0.480 e. The number of carboxylic acid groups (broad SMARTS) is 1. The summed E-state index contributed by atoms with van der Waals surface area (Å²) in [5.74, 6) is -1.29. The highest BCUT2D eigenvalue weighted by Gasteiger charge is 2.22. The standard InChI is InChI=1S/C16H23NO3/c1-11(2)15(16(19)20)17-14(18)6-4-5-13-9-7-12(3)8-10-13/h7-11,15H,4-6H2,1-3H3,(H,17,18)(H,19,20). The quantitative estimate of drug-likeness (QED) is 0.805. The molecule has 0 aromatic heterocycles. The van der Waals surface area contributed by atoms with E-state index in [-0.39, 0.29) is 11.8 Å². The van der Waals surface area contributed by atoms with Crippen molar-refractivity contribution in [3.05, 3.63) is 35.4 Å². The van der Waals surface area contributed by atoms with Crippen LogP contribution in [-0.2, 0) is 16.0 Å². The third kappa shape index (κ3) is 5.43. The second kappa shape index (κ2) is 7.68. The summed E-state index contributed by atoms with van der Waals surface area (Å²) < 4.78 is 0. The van der Waals surface area contributed by atoms with E-state index in [1.54, 1.807) is 13.8 Å². The van der Waals surface area contributed by atoms with Gasteiger partial charge in [-0.15, -0.1) is 0 Å². The Balaban J connectivity index is 2.36. The fourth-order valence-electron chi connectivity index (χ4n) is 1.97. The summed E-state index contributed by atoms with van der Waals surface area (Å²) in [5.41, 5.74) is 2.41. The molecule has 0 fully saturated rings. The summed E-state index contributed by atoms with van der Waals surface area (Å²) in [6, 6.07) is 7.41. The minimum atomic E-state index is -0.980. The Labute approximate surface area is 120 Å². The van der Waals surface area contributed by atoms with E-state index in [2.05, 4.69) is 29.6 Å². The van der Waals surface area contributed by atoms with Crippen molar-refractivity contribution >= 4 is 11.9 Å². The number of hydrogen-bond acceptors (Lipinski definition) is 2. The summed E-state index contributed by atoms with van der Waals surface area (Å²) in [7, 11) is 0. The lowest BCUT2D eigenvalue weighted by atomic mass is 10.0. The van der Waals surface area contributed by atoms with Crippen molar-refractivity contribution < 1.29 is 14.7 Å². The monoisotopic (exact) mass is 277 g/mol. The fraction of sp³-hybridized carbons (Fsp3) is 0.500. The van der Waals surface area contributed by atoms with Crippen molar-refractivity contribution in [1.29, 1.82) is 0 Å². The SMILES string of the molecule is Cc1ccc(CCCC(=O)NC(C(=O)O)C(C)C)cc1. The number of aryl methyl sites for hydroxylation is 2. The van der Waals surface area contributed by atoms with Gasteiger partial charge in [-0.25, -0.2) is 4.79 Å². The second-order valence-corrected chi connectivity index (χ2v) is 5.47. The zero-order valence-corrected chi connectivity index (χ0v) is 12.3. The number of benzene rings is 1. The maximum atomic E-state index is 11.7. The van der Waals surface area contributed by atoms with Crippen LogP contribution in [0.4, 0.5) is 0 Å². The lowest BCUT2D eigenvalue weighted by Crippen LogP contribution is -2.44. The molecule has 1 aromatic rings. The molecular weight excluding hydrogens is 254 g/mol. The lowest BCUT2D eigenvalue weighted by Gasteiger charge is -2.17. The van der Waals surface area contributed by atoms with Gasteiger partial charge < -0.3 is 10.4 Å². The number of carbonyl (C=O) groups is 2. The van der Waals surface area contributed by atoms with Crippen LogP contribution in [0.2, 0.25) is 0 Å². The third-order valence-electron chi connectivity index (χ3n) is 3.24. The number of carboxylic acids is 1. The van der Waals surface area contributed by atoms with Crippen molar-refractivity contribution in [3.8, 4) is 0 Å². The third-order valence-corrected chi connectivity index (χ3v) is 3.24. The number of aliphatic carboxylic acids is 1. The fourth-order valence-corrected chi connectivity index (χ4v) is 1.97. The van der Waals surface area contributed by atoms with E-state index in [0.717, 1.165) is 12.8 Å². The first-order valence-corrected chi connectivity index (χ1v) is 6.98. The average Bonchev–Trinajstić information content (AvgIpc) is 2.37. The first-order chi connectivity index (χ1) is 9.40. The molecule has 0 aliphatic heterocycles. The highest BCUT2D eigenvalue weighted by Crippen LogP contribution is 2.08. The van der Waals surface area contributed by atoms with Crippen LogP contribution in [-0.4, -0.2) is 23.0 Å². The molecule has 1 rings (SSSR count). The summed E-state index contributed by atoms with van der Waals surface area (Å²) in [4.78, 5) is 22.7.